The summed E-state index contributed by atoms with van der Waals surface area (Å²) < 4.78 is 7.18. The summed E-state index contributed by atoms with van der Waals surface area (Å²) in [5.41, 5.74) is 4.68. The third-order valence-corrected chi connectivity index (χ3v) is 5.81. The number of rotatable bonds is 6. The van der Waals surface area contributed by atoms with Crippen LogP contribution in [0.15, 0.2) is 85.3 Å². The Labute approximate surface area is 202 Å². The second-order valence-corrected chi connectivity index (χ2v) is 8.22. The summed E-state index contributed by atoms with van der Waals surface area (Å²) in [5.74, 6) is 1.26. The van der Waals surface area contributed by atoms with E-state index in [0.717, 1.165) is 52.7 Å². The number of anilines is 5. The Morgan fingerprint density at radius 2 is 1.54 bits per heavy atom. The van der Waals surface area contributed by atoms with Crippen molar-refractivity contribution in [1.82, 2.24) is 24.7 Å². The van der Waals surface area contributed by atoms with Crippen LogP contribution in [0.3, 0.4) is 0 Å². The fraction of sp³-hybridized carbons (Fsp3) is 0.154. The van der Waals surface area contributed by atoms with Crippen LogP contribution in [0.2, 0.25) is 0 Å². The van der Waals surface area contributed by atoms with Gasteiger partial charge in [0.1, 0.15) is 6.33 Å². The van der Waals surface area contributed by atoms with Crippen LogP contribution in [0.1, 0.15) is 0 Å². The van der Waals surface area contributed by atoms with E-state index in [9.17, 15) is 0 Å². The maximum Gasteiger partial charge on any atom is 0.245 e. The summed E-state index contributed by atoms with van der Waals surface area (Å²) in [7, 11) is 0. The molecule has 35 heavy (non-hydrogen) atoms. The molecule has 6 rings (SSSR count). The summed E-state index contributed by atoms with van der Waals surface area (Å²) in [5, 5.41) is 12.3. The lowest BCUT2D eigenvalue weighted by Gasteiger charge is -2.25. The topological polar surface area (TPSA) is 93.0 Å². The first kappa shape index (κ1) is 21.1. The highest BCUT2D eigenvalue weighted by atomic mass is 16.5. The van der Waals surface area contributed by atoms with Gasteiger partial charge < -0.3 is 20.3 Å². The fourth-order valence-electron chi connectivity index (χ4n) is 3.96. The van der Waals surface area contributed by atoms with Crippen molar-refractivity contribution in [3.8, 4) is 5.69 Å². The second kappa shape index (κ2) is 9.40. The average molecular weight is 465 g/mol. The molecule has 1 fully saturated rings. The molecule has 5 aromatic rings. The van der Waals surface area contributed by atoms with Crippen molar-refractivity contribution in [3.05, 3.63) is 85.3 Å². The molecule has 9 heteroatoms. The molecule has 0 atom stereocenters. The van der Waals surface area contributed by atoms with Gasteiger partial charge in [-0.05, 0) is 54.6 Å². The number of morpholine rings is 1. The van der Waals surface area contributed by atoms with Gasteiger partial charge in [-0.2, -0.15) is 4.98 Å². The van der Waals surface area contributed by atoms with Gasteiger partial charge in [0.15, 0.2) is 0 Å². The molecule has 0 saturated carbocycles. The normalized spacial score (nSPS) is 13.7. The number of nitrogens with zero attached hydrogens (tertiary/aromatic N) is 6. The van der Waals surface area contributed by atoms with Crippen LogP contribution in [0, 0.1) is 0 Å². The molecule has 2 N–H and O–H groups in total. The van der Waals surface area contributed by atoms with Gasteiger partial charge in [-0.25, -0.2) is 14.6 Å². The Morgan fingerprint density at radius 3 is 2.37 bits per heavy atom. The van der Waals surface area contributed by atoms with E-state index in [1.54, 1.807) is 11.0 Å². The number of ether oxygens (including phenoxy) is 1. The molecule has 9 nitrogen and oxygen atoms in total. The first-order valence-electron chi connectivity index (χ1n) is 11.5. The SMILES string of the molecule is c1ccc(Nc2ccc3cnc(Nc4ccc(-n5cnc(N6CCOCC6)n5)cc4)nc3c2)cc1. The number of hydrogen-bond donors (Lipinski definition) is 2. The van der Waals surface area contributed by atoms with Gasteiger partial charge in [0.05, 0.1) is 24.4 Å². The van der Waals surface area contributed by atoms with Gasteiger partial charge >= 0.3 is 0 Å². The van der Waals surface area contributed by atoms with Gasteiger partial charge in [0.25, 0.3) is 0 Å². The molecule has 0 amide bonds. The number of aromatic nitrogens is 5. The molecule has 1 aliphatic rings. The minimum Gasteiger partial charge on any atom is -0.378 e. The lowest BCUT2D eigenvalue weighted by atomic mass is 10.2. The van der Waals surface area contributed by atoms with Crippen molar-refractivity contribution in [2.24, 2.45) is 0 Å². The zero-order valence-corrected chi connectivity index (χ0v) is 19.0. The van der Waals surface area contributed by atoms with E-state index >= 15 is 0 Å². The first-order valence-corrected chi connectivity index (χ1v) is 11.5. The molecule has 0 bridgehead atoms. The molecule has 174 valence electrons. The molecule has 2 aromatic heterocycles. The maximum absolute atomic E-state index is 5.40. The zero-order valence-electron chi connectivity index (χ0n) is 19.0. The monoisotopic (exact) mass is 464 g/mol. The fourth-order valence-corrected chi connectivity index (χ4v) is 3.96. The molecule has 0 aliphatic carbocycles. The quantitative estimate of drug-likeness (QED) is 0.379. The molecule has 1 saturated heterocycles. The van der Waals surface area contributed by atoms with E-state index in [0.29, 0.717) is 19.2 Å². The maximum atomic E-state index is 5.40. The number of nitrogens with one attached hydrogen (secondary N) is 2. The van der Waals surface area contributed by atoms with E-state index in [4.69, 9.17) is 9.72 Å². The standard InChI is InChI=1S/C26H24N8O/c1-2-4-20(5-3-1)29-22-7-6-19-17-27-25(31-24(19)16-22)30-21-8-10-23(11-9-21)34-18-28-26(32-34)33-12-14-35-15-13-33/h1-11,16-18,29H,12-15H2,(H,27,30,31). The van der Waals surface area contributed by atoms with E-state index < -0.39 is 0 Å². The summed E-state index contributed by atoms with van der Waals surface area (Å²) in [6.07, 6.45) is 3.56. The van der Waals surface area contributed by atoms with Gasteiger partial charge in [-0.15, -0.1) is 5.10 Å². The molecule has 0 unspecified atom stereocenters. The smallest absolute Gasteiger partial charge is 0.245 e. The highest BCUT2D eigenvalue weighted by molar-refractivity contribution is 5.83. The lowest BCUT2D eigenvalue weighted by Crippen LogP contribution is -2.37. The van der Waals surface area contributed by atoms with Crippen molar-refractivity contribution in [3.63, 3.8) is 0 Å². The van der Waals surface area contributed by atoms with Gasteiger partial charge in [-0.1, -0.05) is 18.2 Å². The molecule has 3 heterocycles. The lowest BCUT2D eigenvalue weighted by molar-refractivity contribution is 0.122. The van der Waals surface area contributed by atoms with Gasteiger partial charge in [-0.3, -0.25) is 0 Å². The van der Waals surface area contributed by atoms with Gasteiger partial charge in [0.2, 0.25) is 11.9 Å². The minimum atomic E-state index is 0.539. The van der Waals surface area contributed by atoms with Crippen molar-refractivity contribution >= 4 is 39.9 Å². The Kier molecular flexibility index (Phi) is 5.65. The molecule has 3 aromatic carbocycles. The Morgan fingerprint density at radius 1 is 0.771 bits per heavy atom. The second-order valence-electron chi connectivity index (χ2n) is 8.22. The predicted molar refractivity (Wildman–Crippen MR) is 137 cm³/mol. The van der Waals surface area contributed by atoms with Crippen LogP contribution in [0.4, 0.5) is 29.0 Å². The van der Waals surface area contributed by atoms with E-state index in [1.807, 2.05) is 79.0 Å². The number of benzene rings is 3. The summed E-state index contributed by atoms with van der Waals surface area (Å²) in [4.78, 5) is 15.8. The number of fused-ring (bicyclic) bond motifs is 1. The third-order valence-electron chi connectivity index (χ3n) is 5.81. The van der Waals surface area contributed by atoms with Crippen molar-refractivity contribution < 1.29 is 4.74 Å². The predicted octanol–water partition coefficient (Wildman–Crippen LogP) is 4.53. The van der Waals surface area contributed by atoms with Crippen LogP contribution in [-0.2, 0) is 4.74 Å². The summed E-state index contributed by atoms with van der Waals surface area (Å²) in [6, 6.07) is 24.1. The summed E-state index contributed by atoms with van der Waals surface area (Å²) in [6.45, 7) is 3.03. The third kappa shape index (κ3) is 4.75. The molecular weight excluding hydrogens is 440 g/mol. The van der Waals surface area contributed by atoms with Crippen molar-refractivity contribution in [2.45, 2.75) is 0 Å². The first-order chi connectivity index (χ1) is 17.3. The Balaban J connectivity index is 1.16. The Bertz CT molecular complexity index is 1430. The summed E-state index contributed by atoms with van der Waals surface area (Å²) >= 11 is 0. The largest absolute Gasteiger partial charge is 0.378 e. The van der Waals surface area contributed by atoms with Crippen molar-refractivity contribution in [1.29, 1.82) is 0 Å². The van der Waals surface area contributed by atoms with Crippen LogP contribution in [0.25, 0.3) is 16.6 Å². The molecule has 0 spiro atoms. The zero-order chi connectivity index (χ0) is 23.5. The van der Waals surface area contributed by atoms with Crippen LogP contribution in [-0.4, -0.2) is 51.0 Å². The van der Waals surface area contributed by atoms with E-state index in [1.165, 1.54) is 0 Å². The highest BCUT2D eigenvalue weighted by Crippen LogP contribution is 2.23. The van der Waals surface area contributed by atoms with E-state index in [2.05, 4.69) is 30.6 Å². The van der Waals surface area contributed by atoms with Crippen LogP contribution in [0.5, 0.6) is 0 Å². The molecule has 0 radical (unpaired) electrons. The average Bonchev–Trinajstić information content (AvgIpc) is 3.41. The Hall–Kier alpha value is -4.50. The molecular formula is C26H24N8O. The number of hydrogen-bond acceptors (Lipinski definition) is 8. The van der Waals surface area contributed by atoms with Crippen molar-refractivity contribution in [2.75, 3.05) is 41.8 Å². The minimum absolute atomic E-state index is 0.539. The van der Waals surface area contributed by atoms with Crippen LogP contribution >= 0.6 is 0 Å². The number of para-hydroxylation sites is 1. The van der Waals surface area contributed by atoms with E-state index in [-0.39, 0.29) is 0 Å². The molecule has 1 aliphatic heterocycles. The van der Waals surface area contributed by atoms with Gasteiger partial charge in [0, 0.05) is 41.7 Å². The van der Waals surface area contributed by atoms with Crippen LogP contribution < -0.4 is 15.5 Å². The highest BCUT2D eigenvalue weighted by Gasteiger charge is 2.15.